The molecule has 0 saturated heterocycles. The van der Waals surface area contributed by atoms with Crippen LogP contribution < -0.4 is 10.6 Å². The Morgan fingerprint density at radius 3 is 3.12 bits per heavy atom. The van der Waals surface area contributed by atoms with Crippen molar-refractivity contribution in [2.75, 3.05) is 13.1 Å². The van der Waals surface area contributed by atoms with Crippen molar-refractivity contribution in [1.29, 1.82) is 0 Å². The summed E-state index contributed by atoms with van der Waals surface area (Å²) in [6, 6.07) is 6.73. The van der Waals surface area contributed by atoms with Gasteiger partial charge in [0.15, 0.2) is 0 Å². The average molecular weight is 216 g/mol. The van der Waals surface area contributed by atoms with Crippen LogP contribution in [0, 0.1) is 5.92 Å². The molecule has 3 rings (SSSR count). The van der Waals surface area contributed by atoms with Gasteiger partial charge >= 0.3 is 0 Å². The van der Waals surface area contributed by atoms with Gasteiger partial charge in [0.1, 0.15) is 0 Å². The number of nitrogens with one attached hydrogen (secondary N) is 2. The van der Waals surface area contributed by atoms with Crippen LogP contribution in [0.5, 0.6) is 0 Å². The van der Waals surface area contributed by atoms with Crippen molar-refractivity contribution in [3.05, 3.63) is 34.9 Å². The molecule has 86 valence electrons. The van der Waals surface area contributed by atoms with Gasteiger partial charge in [-0.25, -0.2) is 0 Å². The van der Waals surface area contributed by atoms with Crippen LogP contribution in [0.3, 0.4) is 0 Å². The molecule has 0 spiro atoms. The molecular weight excluding hydrogens is 196 g/mol. The number of hydrogen-bond acceptors (Lipinski definition) is 2. The molecule has 0 radical (unpaired) electrons. The van der Waals surface area contributed by atoms with Gasteiger partial charge in [-0.05, 0) is 55.0 Å². The van der Waals surface area contributed by atoms with Crippen molar-refractivity contribution in [3.8, 4) is 0 Å². The molecule has 2 N–H and O–H groups in total. The third kappa shape index (κ3) is 2.28. The molecule has 2 nitrogen and oxygen atoms in total. The Balaban J connectivity index is 1.67. The molecule has 1 fully saturated rings. The van der Waals surface area contributed by atoms with Crippen LogP contribution in [-0.2, 0) is 19.5 Å². The second-order valence-corrected chi connectivity index (χ2v) is 5.06. The van der Waals surface area contributed by atoms with Crippen LogP contribution in [0.2, 0.25) is 0 Å². The Hall–Kier alpha value is -0.860. The van der Waals surface area contributed by atoms with Crippen LogP contribution in [0.15, 0.2) is 18.2 Å². The van der Waals surface area contributed by atoms with Crippen LogP contribution in [-0.4, -0.2) is 13.1 Å². The summed E-state index contributed by atoms with van der Waals surface area (Å²) in [5.41, 5.74) is 4.60. The largest absolute Gasteiger partial charge is 0.312 e. The zero-order valence-corrected chi connectivity index (χ0v) is 9.76. The topological polar surface area (TPSA) is 24.1 Å². The third-order valence-corrected chi connectivity index (χ3v) is 3.68. The maximum atomic E-state index is 3.59. The normalized spacial score (nSPS) is 19.5. The fourth-order valence-corrected chi connectivity index (χ4v) is 2.51. The van der Waals surface area contributed by atoms with Crippen LogP contribution in [0.1, 0.15) is 29.5 Å². The monoisotopic (exact) mass is 216 g/mol. The number of fused-ring (bicyclic) bond motifs is 1. The van der Waals surface area contributed by atoms with Crippen molar-refractivity contribution < 1.29 is 0 Å². The molecule has 1 aromatic rings. The lowest BCUT2D eigenvalue weighted by molar-refractivity contribution is 0.612. The Morgan fingerprint density at radius 1 is 1.31 bits per heavy atom. The molecule has 0 atom stereocenters. The highest BCUT2D eigenvalue weighted by Gasteiger charge is 2.20. The lowest BCUT2D eigenvalue weighted by Crippen LogP contribution is -2.26. The molecule has 1 heterocycles. The van der Waals surface area contributed by atoms with Gasteiger partial charge < -0.3 is 10.6 Å². The summed E-state index contributed by atoms with van der Waals surface area (Å²) in [5.74, 6) is 0.973. The summed E-state index contributed by atoms with van der Waals surface area (Å²) >= 11 is 0. The molecule has 1 aliphatic heterocycles. The van der Waals surface area contributed by atoms with Crippen LogP contribution in [0.25, 0.3) is 0 Å². The van der Waals surface area contributed by atoms with E-state index in [2.05, 4.69) is 28.8 Å². The summed E-state index contributed by atoms with van der Waals surface area (Å²) in [6.07, 6.45) is 4.06. The summed E-state index contributed by atoms with van der Waals surface area (Å²) in [7, 11) is 0. The molecule has 2 aliphatic rings. The number of rotatable bonds is 4. The Kier molecular flexibility index (Phi) is 2.94. The molecule has 16 heavy (non-hydrogen) atoms. The quantitative estimate of drug-likeness (QED) is 0.802. The van der Waals surface area contributed by atoms with E-state index in [1.54, 1.807) is 5.56 Å². The first kappa shape index (κ1) is 10.3. The second kappa shape index (κ2) is 4.56. The van der Waals surface area contributed by atoms with Crippen LogP contribution >= 0.6 is 0 Å². The second-order valence-electron chi connectivity index (χ2n) is 5.06. The van der Waals surface area contributed by atoms with Gasteiger partial charge in [0, 0.05) is 13.1 Å². The number of hydrogen-bond donors (Lipinski definition) is 2. The van der Waals surface area contributed by atoms with E-state index >= 15 is 0 Å². The van der Waals surface area contributed by atoms with E-state index in [1.165, 1.54) is 36.9 Å². The van der Waals surface area contributed by atoms with E-state index in [0.29, 0.717) is 0 Å². The van der Waals surface area contributed by atoms with Crippen molar-refractivity contribution >= 4 is 0 Å². The van der Waals surface area contributed by atoms with Crippen LogP contribution in [0.4, 0.5) is 0 Å². The summed E-state index contributed by atoms with van der Waals surface area (Å²) in [5, 5.41) is 7.03. The average Bonchev–Trinajstić information content (AvgIpc) is 3.13. The maximum absolute atomic E-state index is 3.59. The predicted molar refractivity (Wildman–Crippen MR) is 66.3 cm³/mol. The van der Waals surface area contributed by atoms with E-state index in [4.69, 9.17) is 0 Å². The Labute approximate surface area is 97.4 Å². The highest BCUT2D eigenvalue weighted by molar-refractivity contribution is 5.36. The minimum atomic E-state index is 0.973. The number of benzene rings is 1. The molecule has 1 saturated carbocycles. The molecule has 0 aromatic heterocycles. The van der Waals surface area contributed by atoms with Gasteiger partial charge in [-0.3, -0.25) is 0 Å². The van der Waals surface area contributed by atoms with E-state index in [9.17, 15) is 0 Å². The molecular formula is C14H20N2. The zero-order chi connectivity index (χ0) is 10.8. The molecule has 0 bridgehead atoms. The lowest BCUT2D eigenvalue weighted by Gasteiger charge is -2.20. The van der Waals surface area contributed by atoms with Gasteiger partial charge in [-0.2, -0.15) is 0 Å². The van der Waals surface area contributed by atoms with Gasteiger partial charge in [-0.15, -0.1) is 0 Å². The fourth-order valence-electron chi connectivity index (χ4n) is 2.51. The highest BCUT2D eigenvalue weighted by atomic mass is 14.9. The van der Waals surface area contributed by atoms with Crippen molar-refractivity contribution in [3.63, 3.8) is 0 Å². The van der Waals surface area contributed by atoms with Gasteiger partial charge in [0.25, 0.3) is 0 Å². The standard InChI is InChI=1S/C14H20N2/c1-2-12-9-15-7-6-14(12)13(3-1)10-16-8-11-4-5-11/h1-3,11,15-16H,4-10H2. The van der Waals surface area contributed by atoms with Crippen molar-refractivity contribution in [1.82, 2.24) is 10.6 Å². The predicted octanol–water partition coefficient (Wildman–Crippen LogP) is 1.83. The third-order valence-electron chi connectivity index (χ3n) is 3.68. The van der Waals surface area contributed by atoms with E-state index in [1.807, 2.05) is 0 Å². The smallest absolute Gasteiger partial charge is 0.0208 e. The SMILES string of the molecule is c1cc2c(c(CNCC3CC3)c1)CCNC2. The van der Waals surface area contributed by atoms with Crippen molar-refractivity contribution in [2.45, 2.75) is 32.4 Å². The summed E-state index contributed by atoms with van der Waals surface area (Å²) in [4.78, 5) is 0. The highest BCUT2D eigenvalue weighted by Crippen LogP contribution is 2.27. The first-order valence-electron chi connectivity index (χ1n) is 6.44. The van der Waals surface area contributed by atoms with E-state index in [0.717, 1.165) is 25.6 Å². The van der Waals surface area contributed by atoms with Gasteiger partial charge in [-0.1, -0.05) is 18.2 Å². The summed E-state index contributed by atoms with van der Waals surface area (Å²) in [6.45, 7) is 4.44. The minimum Gasteiger partial charge on any atom is -0.312 e. The van der Waals surface area contributed by atoms with Gasteiger partial charge in [0.05, 0.1) is 0 Å². The zero-order valence-electron chi connectivity index (χ0n) is 9.76. The Morgan fingerprint density at radius 2 is 2.25 bits per heavy atom. The molecule has 2 heteroatoms. The fraction of sp³-hybridized carbons (Fsp3) is 0.571. The lowest BCUT2D eigenvalue weighted by atomic mass is 9.95. The maximum Gasteiger partial charge on any atom is 0.0208 e. The molecule has 1 aliphatic carbocycles. The first-order valence-corrected chi connectivity index (χ1v) is 6.44. The van der Waals surface area contributed by atoms with Gasteiger partial charge in [0.2, 0.25) is 0 Å². The van der Waals surface area contributed by atoms with Crippen molar-refractivity contribution in [2.24, 2.45) is 5.92 Å². The Bertz CT molecular complexity index is 369. The first-order chi connectivity index (χ1) is 7.93. The van der Waals surface area contributed by atoms with E-state index < -0.39 is 0 Å². The minimum absolute atomic E-state index is 0.973. The van der Waals surface area contributed by atoms with E-state index in [-0.39, 0.29) is 0 Å². The molecule has 0 unspecified atom stereocenters. The summed E-state index contributed by atoms with van der Waals surface area (Å²) < 4.78 is 0. The molecule has 1 aromatic carbocycles. The molecule has 0 amide bonds.